The van der Waals surface area contributed by atoms with E-state index < -0.39 is 77.4 Å². The Hall–Kier alpha value is -3.66. The van der Waals surface area contributed by atoms with Gasteiger partial charge in [0.2, 0.25) is 17.7 Å². The molecule has 0 aliphatic heterocycles. The van der Waals surface area contributed by atoms with E-state index in [9.17, 15) is 33.9 Å². The van der Waals surface area contributed by atoms with E-state index in [0.717, 1.165) is 32.8 Å². The first-order valence-electron chi connectivity index (χ1n) is 16.1. The Bertz CT molecular complexity index is 1030. The number of alkyl carbamates (subject to hydrolysis) is 2. The van der Waals surface area contributed by atoms with Gasteiger partial charge < -0.3 is 51.6 Å². The second-order valence-electron chi connectivity index (χ2n) is 13.3. The van der Waals surface area contributed by atoms with E-state index in [-0.39, 0.29) is 25.9 Å². The predicted molar refractivity (Wildman–Crippen MR) is 174 cm³/mol. The molecule has 272 valence electrons. The standard InChI is InChI=1S/C31H58N6O10/c1-10-11-12-13-14-20(32)24(39)35-21(15-17-33-28(43)46-30(3,4)5)25(40)37-23(19(2)38)26(41)36-22(27(42)45-9)16-18-34-29(44)47-31(6,7)8/h19-23,38H,10-18,32H2,1-9H3,(H,33,43)(H,34,44)(H,35,39)(H,36,41)(H,37,40)/t19-,20+,21+,22+,23+/m1/s1. The number of methoxy groups -OCH3 is 1. The van der Waals surface area contributed by atoms with Crippen LogP contribution in [0.2, 0.25) is 0 Å². The van der Waals surface area contributed by atoms with Gasteiger partial charge in [-0.2, -0.15) is 0 Å². The summed E-state index contributed by atoms with van der Waals surface area (Å²) in [7, 11) is 1.11. The molecule has 0 unspecified atom stereocenters. The van der Waals surface area contributed by atoms with Crippen LogP contribution in [0.15, 0.2) is 0 Å². The molecule has 0 saturated carbocycles. The van der Waals surface area contributed by atoms with Crippen LogP contribution in [0.25, 0.3) is 0 Å². The predicted octanol–water partition coefficient (Wildman–Crippen LogP) is 1.12. The summed E-state index contributed by atoms with van der Waals surface area (Å²) >= 11 is 0. The number of ether oxygens (including phenoxy) is 3. The molecule has 16 nitrogen and oxygen atoms in total. The van der Waals surface area contributed by atoms with Crippen LogP contribution in [0.3, 0.4) is 0 Å². The third-order valence-electron chi connectivity index (χ3n) is 6.41. The zero-order valence-electron chi connectivity index (χ0n) is 29.4. The lowest BCUT2D eigenvalue weighted by molar-refractivity contribution is -0.146. The van der Waals surface area contributed by atoms with Crippen LogP contribution in [0.5, 0.6) is 0 Å². The average Bonchev–Trinajstić information content (AvgIpc) is 2.94. The van der Waals surface area contributed by atoms with Gasteiger partial charge in [0.25, 0.3) is 0 Å². The smallest absolute Gasteiger partial charge is 0.407 e. The maximum Gasteiger partial charge on any atom is 0.407 e. The Balaban J connectivity index is 5.68. The second-order valence-corrected chi connectivity index (χ2v) is 13.3. The monoisotopic (exact) mass is 674 g/mol. The van der Waals surface area contributed by atoms with Crippen molar-refractivity contribution in [3.8, 4) is 0 Å². The number of carbonyl (C=O) groups is 6. The van der Waals surface area contributed by atoms with E-state index in [0.29, 0.717) is 6.42 Å². The molecule has 5 atom stereocenters. The number of aliphatic hydroxyl groups excluding tert-OH is 1. The van der Waals surface area contributed by atoms with Crippen molar-refractivity contribution in [2.24, 2.45) is 5.73 Å². The summed E-state index contributed by atoms with van der Waals surface area (Å²) in [5.74, 6) is -3.19. The van der Waals surface area contributed by atoms with Gasteiger partial charge in [0.05, 0.1) is 19.3 Å². The van der Waals surface area contributed by atoms with Gasteiger partial charge in [0.1, 0.15) is 29.3 Å². The number of carbonyl (C=O) groups excluding carboxylic acids is 6. The van der Waals surface area contributed by atoms with Crippen molar-refractivity contribution in [2.75, 3.05) is 20.2 Å². The highest BCUT2D eigenvalue weighted by molar-refractivity contribution is 5.94. The summed E-state index contributed by atoms with van der Waals surface area (Å²) < 4.78 is 15.1. The normalized spacial score (nSPS) is 14.7. The highest BCUT2D eigenvalue weighted by Crippen LogP contribution is 2.09. The van der Waals surface area contributed by atoms with Crippen LogP contribution in [0.4, 0.5) is 9.59 Å². The first-order chi connectivity index (χ1) is 21.7. The molecule has 0 fully saturated rings. The fourth-order valence-corrected chi connectivity index (χ4v) is 4.05. The lowest BCUT2D eigenvalue weighted by atomic mass is 10.1. The highest BCUT2D eigenvalue weighted by Gasteiger charge is 2.33. The van der Waals surface area contributed by atoms with E-state index in [1.807, 2.05) is 0 Å². The van der Waals surface area contributed by atoms with Crippen molar-refractivity contribution in [3.63, 3.8) is 0 Å². The molecule has 0 radical (unpaired) electrons. The van der Waals surface area contributed by atoms with Crippen molar-refractivity contribution < 1.29 is 48.1 Å². The summed E-state index contributed by atoms with van der Waals surface area (Å²) in [6.45, 7) is 13.3. The van der Waals surface area contributed by atoms with Crippen LogP contribution in [-0.2, 0) is 33.4 Å². The molecule has 0 aromatic rings. The van der Waals surface area contributed by atoms with Crippen LogP contribution in [0.1, 0.15) is 100 Å². The van der Waals surface area contributed by atoms with Crippen molar-refractivity contribution in [2.45, 2.75) is 142 Å². The molecule has 0 bridgehead atoms. The number of nitrogens with one attached hydrogen (secondary N) is 5. The van der Waals surface area contributed by atoms with E-state index in [1.54, 1.807) is 41.5 Å². The van der Waals surface area contributed by atoms with E-state index in [4.69, 9.17) is 19.9 Å². The first kappa shape index (κ1) is 43.3. The molecule has 0 spiro atoms. The number of hydrogen-bond donors (Lipinski definition) is 7. The number of esters is 1. The zero-order valence-corrected chi connectivity index (χ0v) is 29.4. The van der Waals surface area contributed by atoms with Gasteiger partial charge in [-0.05, 0) is 67.7 Å². The summed E-state index contributed by atoms with van der Waals surface area (Å²) in [5.41, 5.74) is 4.56. The highest BCUT2D eigenvalue weighted by atomic mass is 16.6. The molecule has 0 saturated heterocycles. The van der Waals surface area contributed by atoms with Gasteiger partial charge in [0, 0.05) is 13.1 Å². The molecule has 0 heterocycles. The SMILES string of the molecule is CCCCCC[C@H](N)C(=O)N[C@@H](CCNC(=O)OC(C)(C)C)C(=O)N[C@H](C(=O)N[C@@H](CCNC(=O)OC(C)(C)C)C(=O)OC)[C@@H](C)O. The molecule has 5 amide bonds. The largest absolute Gasteiger partial charge is 0.467 e. The lowest BCUT2D eigenvalue weighted by Crippen LogP contribution is -2.60. The van der Waals surface area contributed by atoms with Crippen LogP contribution >= 0.6 is 0 Å². The minimum Gasteiger partial charge on any atom is -0.467 e. The molecule has 8 N–H and O–H groups in total. The topological polar surface area (TPSA) is 237 Å². The number of amides is 5. The fraction of sp³-hybridized carbons (Fsp3) is 0.806. The number of hydrogen-bond acceptors (Lipinski definition) is 11. The van der Waals surface area contributed by atoms with E-state index in [1.165, 1.54) is 6.92 Å². The van der Waals surface area contributed by atoms with Crippen LogP contribution in [-0.4, -0.2) is 103 Å². The van der Waals surface area contributed by atoms with E-state index in [2.05, 4.69) is 33.5 Å². The minimum atomic E-state index is -1.56. The second kappa shape index (κ2) is 21.3. The van der Waals surface area contributed by atoms with Gasteiger partial charge in [-0.15, -0.1) is 0 Å². The first-order valence-corrected chi connectivity index (χ1v) is 16.1. The minimum absolute atomic E-state index is 0.0713. The number of nitrogens with two attached hydrogens (primary N) is 1. The number of rotatable bonds is 19. The number of unbranched alkanes of at least 4 members (excludes halogenated alkanes) is 3. The molecule has 0 aromatic carbocycles. The molecular weight excluding hydrogens is 616 g/mol. The van der Waals surface area contributed by atoms with Gasteiger partial charge >= 0.3 is 18.2 Å². The van der Waals surface area contributed by atoms with Gasteiger partial charge in [0.15, 0.2) is 0 Å². The Kier molecular flexibility index (Phi) is 19.6. The molecule has 0 aromatic heterocycles. The molecule has 0 rings (SSSR count). The third-order valence-corrected chi connectivity index (χ3v) is 6.41. The maximum absolute atomic E-state index is 13.4. The third kappa shape index (κ3) is 20.2. The molecule has 0 aliphatic rings. The van der Waals surface area contributed by atoms with Crippen LogP contribution in [0, 0.1) is 0 Å². The average molecular weight is 675 g/mol. The number of aliphatic hydroxyl groups is 1. The Morgan fingerprint density at radius 2 is 1.19 bits per heavy atom. The van der Waals surface area contributed by atoms with Crippen LogP contribution < -0.4 is 32.3 Å². The molecular formula is C31H58N6O10. The summed E-state index contributed by atoms with van der Waals surface area (Å²) in [5, 5.41) is 22.8. The van der Waals surface area contributed by atoms with E-state index >= 15 is 0 Å². The molecule has 47 heavy (non-hydrogen) atoms. The fourth-order valence-electron chi connectivity index (χ4n) is 4.05. The summed E-state index contributed by atoms with van der Waals surface area (Å²) in [6, 6.07) is -4.97. The van der Waals surface area contributed by atoms with Gasteiger partial charge in [-0.1, -0.05) is 32.6 Å². The quantitative estimate of drug-likeness (QED) is 0.0582. The van der Waals surface area contributed by atoms with Gasteiger partial charge in [-0.25, -0.2) is 14.4 Å². The zero-order chi connectivity index (χ0) is 36.4. The summed E-state index contributed by atoms with van der Waals surface area (Å²) in [6.07, 6.45) is 0.933. The lowest BCUT2D eigenvalue weighted by Gasteiger charge is -2.27. The van der Waals surface area contributed by atoms with Crippen molar-refractivity contribution in [1.29, 1.82) is 0 Å². The Labute approximate surface area is 278 Å². The van der Waals surface area contributed by atoms with Gasteiger partial charge in [-0.3, -0.25) is 14.4 Å². The Morgan fingerprint density at radius 1 is 0.702 bits per heavy atom. The summed E-state index contributed by atoms with van der Waals surface area (Å²) in [4.78, 5) is 76.0. The van der Waals surface area contributed by atoms with Crippen molar-refractivity contribution >= 4 is 35.9 Å². The molecule has 16 heteroatoms. The maximum atomic E-state index is 13.4. The Morgan fingerprint density at radius 3 is 1.64 bits per heavy atom. The molecule has 0 aliphatic carbocycles. The van der Waals surface area contributed by atoms with Crippen molar-refractivity contribution in [3.05, 3.63) is 0 Å². The van der Waals surface area contributed by atoms with Crippen molar-refractivity contribution in [1.82, 2.24) is 26.6 Å².